The van der Waals surface area contributed by atoms with Crippen LogP contribution in [0.1, 0.15) is 11.6 Å². The van der Waals surface area contributed by atoms with Crippen LogP contribution in [0.3, 0.4) is 0 Å². The summed E-state index contributed by atoms with van der Waals surface area (Å²) in [6.07, 6.45) is 1.72. The summed E-state index contributed by atoms with van der Waals surface area (Å²) in [5.74, 6) is 0.801. The average Bonchev–Trinajstić information content (AvgIpc) is 2.87. The van der Waals surface area contributed by atoms with Gasteiger partial charge in [0.15, 0.2) is 0 Å². The lowest BCUT2D eigenvalue weighted by Gasteiger charge is -1.98. The zero-order valence-electron chi connectivity index (χ0n) is 8.62. The Kier molecular flexibility index (Phi) is 3.22. The Hall–Kier alpha value is -1.81. The molecule has 0 aliphatic rings. The minimum absolute atomic E-state index is 0.308. The van der Waals surface area contributed by atoms with E-state index < -0.39 is 0 Å². The third-order valence-corrected chi connectivity index (χ3v) is 2.61. The van der Waals surface area contributed by atoms with Crippen molar-refractivity contribution in [2.45, 2.75) is 18.7 Å². The van der Waals surface area contributed by atoms with Crippen molar-refractivity contribution < 1.29 is 4.42 Å². The van der Waals surface area contributed by atoms with E-state index in [4.69, 9.17) is 9.68 Å². The van der Waals surface area contributed by atoms with Gasteiger partial charge in [-0.1, -0.05) is 11.8 Å². The van der Waals surface area contributed by atoms with Gasteiger partial charge in [0.05, 0.1) is 11.8 Å². The molecule has 6 nitrogen and oxygen atoms in total. The van der Waals surface area contributed by atoms with Crippen LogP contribution in [0.25, 0.3) is 0 Å². The van der Waals surface area contributed by atoms with Crippen molar-refractivity contribution in [1.29, 1.82) is 5.26 Å². The largest absolute Gasteiger partial charge is 0.414 e. The molecule has 2 heterocycles. The molecule has 0 N–H and O–H groups in total. The molecule has 0 saturated heterocycles. The van der Waals surface area contributed by atoms with Crippen molar-refractivity contribution in [2.24, 2.45) is 0 Å². The highest BCUT2D eigenvalue weighted by molar-refractivity contribution is 7.99. The minimum atomic E-state index is 0.308. The fourth-order valence-electron chi connectivity index (χ4n) is 1.15. The van der Waals surface area contributed by atoms with Gasteiger partial charge in [-0.25, -0.2) is 0 Å². The molecule has 0 atom stereocenters. The van der Waals surface area contributed by atoms with E-state index in [0.717, 1.165) is 5.69 Å². The summed E-state index contributed by atoms with van der Waals surface area (Å²) in [7, 11) is 0. The molecule has 0 bridgehead atoms. The van der Waals surface area contributed by atoms with Crippen molar-refractivity contribution in [3.63, 3.8) is 0 Å². The highest BCUT2D eigenvalue weighted by atomic mass is 32.2. The smallest absolute Gasteiger partial charge is 0.277 e. The first-order chi connectivity index (χ1) is 7.79. The van der Waals surface area contributed by atoms with Crippen LogP contribution in [0.2, 0.25) is 0 Å². The van der Waals surface area contributed by atoms with Gasteiger partial charge in [0.1, 0.15) is 6.54 Å². The summed E-state index contributed by atoms with van der Waals surface area (Å²) in [5.41, 5.74) is 1.03. The van der Waals surface area contributed by atoms with Crippen molar-refractivity contribution in [3.05, 3.63) is 23.8 Å². The number of aryl methyl sites for hydroxylation is 1. The van der Waals surface area contributed by atoms with Gasteiger partial charge in [-0.15, -0.1) is 10.2 Å². The highest BCUT2D eigenvalue weighted by Gasteiger charge is 2.08. The van der Waals surface area contributed by atoms with Crippen LogP contribution in [-0.2, 0) is 6.54 Å². The molecule has 2 rings (SSSR count). The van der Waals surface area contributed by atoms with Gasteiger partial charge in [-0.3, -0.25) is 4.68 Å². The average molecular weight is 235 g/mol. The Morgan fingerprint density at radius 1 is 1.56 bits per heavy atom. The number of aromatic nitrogens is 4. The summed E-state index contributed by atoms with van der Waals surface area (Å²) >= 11 is 1.23. The normalized spacial score (nSPS) is 10.2. The Balaban J connectivity index is 2.03. The molecule has 2 aromatic heterocycles. The molecule has 0 aliphatic carbocycles. The maximum absolute atomic E-state index is 8.40. The van der Waals surface area contributed by atoms with E-state index in [1.54, 1.807) is 10.9 Å². The predicted octanol–water partition coefficient (Wildman–Crippen LogP) is 1.24. The lowest BCUT2D eigenvalue weighted by atomic mass is 10.5. The first-order valence-corrected chi connectivity index (χ1v) is 5.58. The summed E-state index contributed by atoms with van der Waals surface area (Å²) in [5, 5.41) is 20.6. The van der Waals surface area contributed by atoms with Crippen LogP contribution < -0.4 is 0 Å². The van der Waals surface area contributed by atoms with Gasteiger partial charge in [0.2, 0.25) is 5.89 Å². The Morgan fingerprint density at radius 3 is 3.12 bits per heavy atom. The van der Waals surface area contributed by atoms with Crippen LogP contribution in [0.4, 0.5) is 0 Å². The molecule has 7 heteroatoms. The van der Waals surface area contributed by atoms with E-state index in [2.05, 4.69) is 15.3 Å². The summed E-state index contributed by atoms with van der Waals surface area (Å²) < 4.78 is 7.11. The summed E-state index contributed by atoms with van der Waals surface area (Å²) in [6.45, 7) is 2.41. The molecular formula is C9H9N5OS. The molecule has 0 fully saturated rings. The standard InChI is InChI=1S/C9H9N5OS/c1-7-2-4-11-14(7)6-8-12-13-9(15-8)16-5-3-10/h2,4H,5-6H2,1H3. The molecule has 2 aromatic rings. The van der Waals surface area contributed by atoms with E-state index in [9.17, 15) is 0 Å². The van der Waals surface area contributed by atoms with Crippen LogP contribution in [0.15, 0.2) is 21.9 Å². The van der Waals surface area contributed by atoms with Crippen LogP contribution in [0.5, 0.6) is 0 Å². The Morgan fingerprint density at radius 2 is 2.44 bits per heavy atom. The van der Waals surface area contributed by atoms with Crippen molar-refractivity contribution in [2.75, 3.05) is 5.75 Å². The zero-order valence-corrected chi connectivity index (χ0v) is 9.44. The molecule has 0 unspecified atom stereocenters. The molecule has 0 aliphatic heterocycles. The van der Waals surface area contributed by atoms with Crippen LogP contribution >= 0.6 is 11.8 Å². The Labute approximate surface area is 96.3 Å². The maximum atomic E-state index is 8.40. The van der Waals surface area contributed by atoms with Crippen LogP contribution in [0, 0.1) is 18.3 Å². The van der Waals surface area contributed by atoms with Gasteiger partial charge >= 0.3 is 0 Å². The van der Waals surface area contributed by atoms with Crippen molar-refractivity contribution >= 4 is 11.8 Å². The highest BCUT2D eigenvalue weighted by Crippen LogP contribution is 2.15. The topological polar surface area (TPSA) is 80.5 Å². The van der Waals surface area contributed by atoms with Gasteiger partial charge in [0.25, 0.3) is 5.22 Å². The van der Waals surface area contributed by atoms with E-state index in [0.29, 0.717) is 23.4 Å². The number of nitrogens with zero attached hydrogens (tertiary/aromatic N) is 5. The first-order valence-electron chi connectivity index (χ1n) is 4.60. The third kappa shape index (κ3) is 2.41. The zero-order chi connectivity index (χ0) is 11.4. The lowest BCUT2D eigenvalue weighted by molar-refractivity contribution is 0.396. The van der Waals surface area contributed by atoms with Gasteiger partial charge < -0.3 is 4.42 Å². The number of thioether (sulfide) groups is 1. The van der Waals surface area contributed by atoms with E-state index >= 15 is 0 Å². The first kappa shape index (κ1) is 10.7. The van der Waals surface area contributed by atoms with Gasteiger partial charge in [-0.2, -0.15) is 10.4 Å². The molecule has 0 amide bonds. The SMILES string of the molecule is Cc1ccnn1Cc1nnc(SCC#N)o1. The second-order valence-corrected chi connectivity index (χ2v) is 3.97. The summed E-state index contributed by atoms with van der Waals surface area (Å²) in [6, 6.07) is 3.90. The fraction of sp³-hybridized carbons (Fsp3) is 0.333. The number of hydrogen-bond donors (Lipinski definition) is 0. The van der Waals surface area contributed by atoms with Crippen molar-refractivity contribution in [1.82, 2.24) is 20.0 Å². The van der Waals surface area contributed by atoms with E-state index in [-0.39, 0.29) is 0 Å². The number of nitriles is 1. The monoisotopic (exact) mass is 235 g/mol. The van der Waals surface area contributed by atoms with E-state index in [1.165, 1.54) is 11.8 Å². The van der Waals surface area contributed by atoms with E-state index in [1.807, 2.05) is 19.1 Å². The lowest BCUT2D eigenvalue weighted by Crippen LogP contribution is -2.03. The summed E-state index contributed by atoms with van der Waals surface area (Å²) in [4.78, 5) is 0. The fourth-order valence-corrected chi connectivity index (χ4v) is 1.59. The molecular weight excluding hydrogens is 226 g/mol. The van der Waals surface area contributed by atoms with Crippen molar-refractivity contribution in [3.8, 4) is 6.07 Å². The minimum Gasteiger partial charge on any atom is -0.414 e. The molecule has 0 spiro atoms. The van der Waals surface area contributed by atoms with Gasteiger partial charge in [-0.05, 0) is 13.0 Å². The number of hydrogen-bond acceptors (Lipinski definition) is 6. The van der Waals surface area contributed by atoms with Crippen LogP contribution in [-0.4, -0.2) is 25.7 Å². The molecule has 0 aromatic carbocycles. The second-order valence-electron chi connectivity index (χ2n) is 3.04. The predicted molar refractivity (Wildman–Crippen MR) is 56.7 cm³/mol. The third-order valence-electron chi connectivity index (χ3n) is 1.92. The van der Waals surface area contributed by atoms with Gasteiger partial charge in [0, 0.05) is 11.9 Å². The molecule has 82 valence electrons. The molecule has 16 heavy (non-hydrogen) atoms. The maximum Gasteiger partial charge on any atom is 0.277 e. The second kappa shape index (κ2) is 4.81. The Bertz CT molecular complexity index is 512. The molecule has 0 saturated carbocycles. The molecule has 0 radical (unpaired) electrons. The number of rotatable bonds is 4. The quantitative estimate of drug-likeness (QED) is 0.741.